The van der Waals surface area contributed by atoms with Gasteiger partial charge < -0.3 is 15.8 Å². The van der Waals surface area contributed by atoms with Crippen LogP contribution in [0.1, 0.15) is 43.1 Å². The molecular weight excluding hydrogens is 278 g/mol. The number of carbonyl (C=O) groups excluding carboxylic acids is 2. The molecule has 6 nitrogen and oxygen atoms in total. The lowest BCUT2D eigenvalue weighted by atomic mass is 9.91. The summed E-state index contributed by atoms with van der Waals surface area (Å²) >= 11 is 1.12. The molecule has 1 amide bonds. The first-order valence-electron chi connectivity index (χ1n) is 6.31. The lowest BCUT2D eigenvalue weighted by Gasteiger charge is -2.16. The Kier molecular flexibility index (Phi) is 5.24. The summed E-state index contributed by atoms with van der Waals surface area (Å²) in [6.45, 7) is 7.83. The molecule has 7 heteroatoms. The van der Waals surface area contributed by atoms with Crippen LogP contribution in [0.3, 0.4) is 0 Å². The van der Waals surface area contributed by atoms with Gasteiger partial charge in [-0.1, -0.05) is 39.0 Å². The minimum absolute atomic E-state index is 0.210. The number of rotatable bonds is 4. The molecule has 1 unspecified atom stereocenters. The van der Waals surface area contributed by atoms with Crippen LogP contribution in [0.15, 0.2) is 0 Å². The predicted octanol–water partition coefficient (Wildman–Crippen LogP) is 1.76. The molecule has 0 aliphatic rings. The molecule has 0 saturated carbocycles. The number of hydrogen-bond acceptors (Lipinski definition) is 6. The van der Waals surface area contributed by atoms with Crippen LogP contribution in [0.2, 0.25) is 0 Å². The summed E-state index contributed by atoms with van der Waals surface area (Å²) in [5.74, 6) is -0.962. The van der Waals surface area contributed by atoms with Crippen LogP contribution in [0.25, 0.3) is 0 Å². The van der Waals surface area contributed by atoms with Crippen molar-refractivity contribution in [2.24, 2.45) is 11.7 Å². The van der Waals surface area contributed by atoms with Gasteiger partial charge in [0, 0.05) is 17.9 Å². The fraction of sp³-hybridized carbons (Fsp3) is 0.615. The van der Waals surface area contributed by atoms with Crippen LogP contribution in [0.5, 0.6) is 0 Å². The first-order chi connectivity index (χ1) is 9.20. The van der Waals surface area contributed by atoms with Crippen LogP contribution in [0.4, 0.5) is 5.13 Å². The van der Waals surface area contributed by atoms with Gasteiger partial charge in [0.2, 0.25) is 5.91 Å². The summed E-state index contributed by atoms with van der Waals surface area (Å²) < 4.78 is 4.76. The van der Waals surface area contributed by atoms with E-state index in [4.69, 9.17) is 10.5 Å². The molecule has 20 heavy (non-hydrogen) atoms. The third-order valence-corrected chi connectivity index (χ3v) is 3.69. The zero-order chi connectivity index (χ0) is 15.5. The highest BCUT2D eigenvalue weighted by Crippen LogP contribution is 2.32. The Balaban J connectivity index is 3.09. The number of carbonyl (C=O) groups is 2. The fourth-order valence-corrected chi connectivity index (χ4v) is 2.55. The molecule has 3 N–H and O–H groups in total. The standard InChI is InChI=1S/C13H21N3O3S/c1-7(6-14)10(17)16-12-15-9(13(2,3)4)8(20-12)11(18)19-5/h7H,6,14H2,1-5H3,(H,15,16,17). The van der Waals surface area contributed by atoms with Crippen molar-refractivity contribution in [2.75, 3.05) is 19.0 Å². The average molecular weight is 299 g/mol. The van der Waals surface area contributed by atoms with Crippen molar-refractivity contribution in [3.63, 3.8) is 0 Å². The maximum absolute atomic E-state index is 11.8. The van der Waals surface area contributed by atoms with Gasteiger partial charge >= 0.3 is 5.97 Å². The van der Waals surface area contributed by atoms with E-state index in [0.29, 0.717) is 15.7 Å². The minimum atomic E-state index is -0.445. The molecule has 0 aromatic carbocycles. The topological polar surface area (TPSA) is 94.3 Å². The van der Waals surface area contributed by atoms with Crippen LogP contribution < -0.4 is 11.1 Å². The van der Waals surface area contributed by atoms with Crippen LogP contribution in [-0.4, -0.2) is 30.5 Å². The van der Waals surface area contributed by atoms with Gasteiger partial charge in [-0.05, 0) is 0 Å². The van der Waals surface area contributed by atoms with Gasteiger partial charge in [-0.3, -0.25) is 4.79 Å². The molecule has 1 heterocycles. The van der Waals surface area contributed by atoms with E-state index in [1.165, 1.54) is 7.11 Å². The lowest BCUT2D eigenvalue weighted by molar-refractivity contribution is -0.119. The van der Waals surface area contributed by atoms with Gasteiger partial charge in [-0.25, -0.2) is 9.78 Å². The summed E-state index contributed by atoms with van der Waals surface area (Å²) in [5.41, 5.74) is 5.75. The molecule has 0 spiro atoms. The maximum Gasteiger partial charge on any atom is 0.350 e. The highest BCUT2D eigenvalue weighted by atomic mass is 32.1. The predicted molar refractivity (Wildman–Crippen MR) is 79.0 cm³/mol. The van der Waals surface area contributed by atoms with Gasteiger partial charge in [0.25, 0.3) is 0 Å². The Morgan fingerprint density at radius 2 is 2.05 bits per heavy atom. The first-order valence-corrected chi connectivity index (χ1v) is 7.13. The van der Waals surface area contributed by atoms with Crippen molar-refractivity contribution in [2.45, 2.75) is 33.1 Å². The van der Waals surface area contributed by atoms with Crippen LogP contribution in [0, 0.1) is 5.92 Å². The van der Waals surface area contributed by atoms with E-state index in [1.54, 1.807) is 6.92 Å². The van der Waals surface area contributed by atoms with Gasteiger partial charge in [-0.2, -0.15) is 0 Å². The molecule has 0 aliphatic heterocycles. The largest absolute Gasteiger partial charge is 0.465 e. The third kappa shape index (κ3) is 3.77. The average Bonchev–Trinajstić information content (AvgIpc) is 2.80. The van der Waals surface area contributed by atoms with Crippen molar-refractivity contribution in [3.8, 4) is 0 Å². The number of esters is 1. The second-order valence-electron chi connectivity index (χ2n) is 5.56. The van der Waals surface area contributed by atoms with Gasteiger partial charge in [0.05, 0.1) is 12.8 Å². The highest BCUT2D eigenvalue weighted by molar-refractivity contribution is 7.17. The van der Waals surface area contributed by atoms with Gasteiger partial charge in [-0.15, -0.1) is 0 Å². The molecular formula is C13H21N3O3S. The van der Waals surface area contributed by atoms with E-state index in [-0.39, 0.29) is 23.8 Å². The Morgan fingerprint density at radius 3 is 2.50 bits per heavy atom. The SMILES string of the molecule is COC(=O)c1sc(NC(=O)C(C)CN)nc1C(C)(C)C. The van der Waals surface area contributed by atoms with E-state index in [9.17, 15) is 9.59 Å². The summed E-state index contributed by atoms with van der Waals surface area (Å²) in [6.07, 6.45) is 0. The molecule has 0 fully saturated rings. The fourth-order valence-electron chi connectivity index (χ4n) is 1.45. The van der Waals surface area contributed by atoms with Crippen LogP contribution in [-0.2, 0) is 14.9 Å². The van der Waals surface area contributed by atoms with Crippen molar-refractivity contribution < 1.29 is 14.3 Å². The van der Waals surface area contributed by atoms with E-state index < -0.39 is 5.97 Å². The van der Waals surface area contributed by atoms with E-state index in [2.05, 4.69) is 10.3 Å². The van der Waals surface area contributed by atoms with Crippen molar-refractivity contribution in [3.05, 3.63) is 10.6 Å². The van der Waals surface area contributed by atoms with E-state index in [1.807, 2.05) is 20.8 Å². The summed E-state index contributed by atoms with van der Waals surface area (Å²) in [6, 6.07) is 0. The first kappa shape index (κ1) is 16.6. The monoisotopic (exact) mass is 299 g/mol. The summed E-state index contributed by atoms with van der Waals surface area (Å²) in [7, 11) is 1.32. The number of ether oxygens (including phenoxy) is 1. The molecule has 1 atom stereocenters. The van der Waals surface area contributed by atoms with Gasteiger partial charge in [0.1, 0.15) is 4.88 Å². The van der Waals surface area contributed by atoms with Crippen molar-refractivity contribution in [1.82, 2.24) is 4.98 Å². The molecule has 1 aromatic rings. The number of thiazole rings is 1. The molecule has 1 rings (SSSR count). The lowest BCUT2D eigenvalue weighted by Crippen LogP contribution is -2.26. The minimum Gasteiger partial charge on any atom is -0.465 e. The normalized spacial score (nSPS) is 12.9. The Labute approximate surface area is 122 Å². The molecule has 0 bridgehead atoms. The number of nitrogens with one attached hydrogen (secondary N) is 1. The zero-order valence-electron chi connectivity index (χ0n) is 12.4. The number of nitrogens with two attached hydrogens (primary N) is 1. The summed E-state index contributed by atoms with van der Waals surface area (Å²) in [5, 5.41) is 3.07. The van der Waals surface area contributed by atoms with E-state index >= 15 is 0 Å². The number of nitrogens with zero attached hydrogens (tertiary/aromatic N) is 1. The van der Waals surface area contributed by atoms with Gasteiger partial charge in [0.15, 0.2) is 5.13 Å². The zero-order valence-corrected chi connectivity index (χ0v) is 13.3. The third-order valence-electron chi connectivity index (χ3n) is 2.74. The molecule has 0 radical (unpaired) electrons. The number of hydrogen-bond donors (Lipinski definition) is 2. The molecule has 0 saturated heterocycles. The second kappa shape index (κ2) is 6.32. The number of amides is 1. The molecule has 112 valence electrons. The smallest absolute Gasteiger partial charge is 0.350 e. The van der Waals surface area contributed by atoms with E-state index in [0.717, 1.165) is 11.3 Å². The second-order valence-corrected chi connectivity index (χ2v) is 6.56. The Bertz CT molecular complexity index is 505. The van der Waals surface area contributed by atoms with Crippen LogP contribution >= 0.6 is 11.3 Å². The number of anilines is 1. The quantitative estimate of drug-likeness (QED) is 0.826. The number of methoxy groups -OCH3 is 1. The van der Waals surface area contributed by atoms with Crippen molar-refractivity contribution in [1.29, 1.82) is 0 Å². The molecule has 1 aromatic heterocycles. The van der Waals surface area contributed by atoms with Crippen molar-refractivity contribution >= 4 is 28.3 Å². The molecule has 0 aliphatic carbocycles. The summed E-state index contributed by atoms with van der Waals surface area (Å²) in [4.78, 5) is 28.4. The Morgan fingerprint density at radius 1 is 1.45 bits per heavy atom. The Hall–Kier alpha value is -1.47. The number of aromatic nitrogens is 1. The highest BCUT2D eigenvalue weighted by Gasteiger charge is 2.28. The maximum atomic E-state index is 11.8.